The SMILES string of the molecule is CC(C)NC(=O)CCOc1ccc(CN)cc1Br. The molecule has 1 aromatic rings. The van der Waals surface area contributed by atoms with Crippen LogP contribution in [0, 0.1) is 0 Å². The molecule has 100 valence electrons. The van der Waals surface area contributed by atoms with E-state index in [9.17, 15) is 4.79 Å². The second kappa shape index (κ2) is 7.38. The predicted molar refractivity (Wildman–Crippen MR) is 75.4 cm³/mol. The average Bonchev–Trinajstić information content (AvgIpc) is 2.30. The number of amides is 1. The van der Waals surface area contributed by atoms with E-state index in [0.717, 1.165) is 15.8 Å². The number of benzene rings is 1. The Morgan fingerprint density at radius 1 is 1.50 bits per heavy atom. The van der Waals surface area contributed by atoms with Crippen LogP contribution in [0.25, 0.3) is 0 Å². The highest BCUT2D eigenvalue weighted by Crippen LogP contribution is 2.25. The van der Waals surface area contributed by atoms with Crippen LogP contribution in [-0.2, 0) is 11.3 Å². The Bertz CT molecular complexity index is 408. The lowest BCUT2D eigenvalue weighted by molar-refractivity contribution is -0.122. The van der Waals surface area contributed by atoms with Crippen molar-refractivity contribution in [2.45, 2.75) is 32.9 Å². The minimum Gasteiger partial charge on any atom is -0.492 e. The maximum atomic E-state index is 11.4. The summed E-state index contributed by atoms with van der Waals surface area (Å²) in [5.41, 5.74) is 6.57. The van der Waals surface area contributed by atoms with Gasteiger partial charge in [0.2, 0.25) is 5.91 Å². The highest BCUT2D eigenvalue weighted by atomic mass is 79.9. The Hall–Kier alpha value is -1.07. The summed E-state index contributed by atoms with van der Waals surface area (Å²) in [5, 5.41) is 2.81. The summed E-state index contributed by atoms with van der Waals surface area (Å²) in [6.45, 7) is 4.72. The van der Waals surface area contributed by atoms with Crippen LogP contribution in [-0.4, -0.2) is 18.6 Å². The number of halogens is 1. The summed E-state index contributed by atoms with van der Waals surface area (Å²) >= 11 is 3.41. The summed E-state index contributed by atoms with van der Waals surface area (Å²) in [7, 11) is 0. The minimum absolute atomic E-state index is 0.000277. The Balaban J connectivity index is 2.42. The fraction of sp³-hybridized carbons (Fsp3) is 0.462. The lowest BCUT2D eigenvalue weighted by Crippen LogP contribution is -2.31. The van der Waals surface area contributed by atoms with E-state index in [1.807, 2.05) is 32.0 Å². The van der Waals surface area contributed by atoms with Crippen LogP contribution in [0.15, 0.2) is 22.7 Å². The molecule has 0 aliphatic carbocycles. The van der Waals surface area contributed by atoms with E-state index in [2.05, 4.69) is 21.2 Å². The van der Waals surface area contributed by atoms with Crippen molar-refractivity contribution in [2.75, 3.05) is 6.61 Å². The smallest absolute Gasteiger partial charge is 0.223 e. The maximum absolute atomic E-state index is 11.4. The monoisotopic (exact) mass is 314 g/mol. The molecule has 0 saturated heterocycles. The van der Waals surface area contributed by atoms with Gasteiger partial charge in [-0.2, -0.15) is 0 Å². The zero-order valence-corrected chi connectivity index (χ0v) is 12.3. The van der Waals surface area contributed by atoms with Crippen LogP contribution in [0.5, 0.6) is 5.75 Å². The van der Waals surface area contributed by atoms with Gasteiger partial charge in [0.1, 0.15) is 5.75 Å². The largest absolute Gasteiger partial charge is 0.492 e. The molecule has 0 aliphatic rings. The third kappa shape index (κ3) is 5.06. The van der Waals surface area contributed by atoms with Crippen LogP contribution >= 0.6 is 15.9 Å². The van der Waals surface area contributed by atoms with Crippen molar-refractivity contribution in [1.82, 2.24) is 5.32 Å². The van der Waals surface area contributed by atoms with E-state index in [1.165, 1.54) is 0 Å². The van der Waals surface area contributed by atoms with E-state index in [0.29, 0.717) is 19.6 Å². The van der Waals surface area contributed by atoms with Crippen molar-refractivity contribution in [3.05, 3.63) is 28.2 Å². The quantitative estimate of drug-likeness (QED) is 0.846. The van der Waals surface area contributed by atoms with Crippen molar-refractivity contribution in [2.24, 2.45) is 5.73 Å². The lowest BCUT2D eigenvalue weighted by Gasteiger charge is -2.11. The lowest BCUT2D eigenvalue weighted by atomic mass is 10.2. The molecule has 0 atom stereocenters. The molecule has 0 spiro atoms. The standard InChI is InChI=1S/C13H19BrN2O2/c1-9(2)16-13(17)5-6-18-12-4-3-10(8-15)7-11(12)14/h3-4,7,9H,5-6,8,15H2,1-2H3,(H,16,17). The molecule has 0 bridgehead atoms. The van der Waals surface area contributed by atoms with Crippen molar-refractivity contribution >= 4 is 21.8 Å². The Morgan fingerprint density at radius 3 is 2.78 bits per heavy atom. The molecule has 1 aromatic carbocycles. The average molecular weight is 315 g/mol. The van der Waals surface area contributed by atoms with E-state index in [4.69, 9.17) is 10.5 Å². The molecule has 1 amide bonds. The van der Waals surface area contributed by atoms with Crippen molar-refractivity contribution in [1.29, 1.82) is 0 Å². The Labute approximate surface area is 116 Å². The van der Waals surface area contributed by atoms with Gasteiger partial charge in [-0.15, -0.1) is 0 Å². The number of ether oxygens (including phenoxy) is 1. The first-order valence-electron chi connectivity index (χ1n) is 5.93. The zero-order chi connectivity index (χ0) is 13.5. The van der Waals surface area contributed by atoms with Gasteiger partial charge in [-0.1, -0.05) is 6.07 Å². The first-order valence-corrected chi connectivity index (χ1v) is 6.73. The third-order valence-corrected chi connectivity index (χ3v) is 2.89. The van der Waals surface area contributed by atoms with E-state index < -0.39 is 0 Å². The molecule has 4 nitrogen and oxygen atoms in total. The van der Waals surface area contributed by atoms with Crippen molar-refractivity contribution in [3.63, 3.8) is 0 Å². The number of carbonyl (C=O) groups excluding carboxylic acids is 1. The van der Waals surface area contributed by atoms with Gasteiger partial charge in [-0.05, 0) is 47.5 Å². The maximum Gasteiger partial charge on any atom is 0.223 e. The van der Waals surface area contributed by atoms with Crippen molar-refractivity contribution < 1.29 is 9.53 Å². The molecule has 5 heteroatoms. The first kappa shape index (κ1) is 15.0. The molecule has 0 unspecified atom stereocenters. The highest BCUT2D eigenvalue weighted by Gasteiger charge is 2.05. The molecule has 0 radical (unpaired) electrons. The molecule has 3 N–H and O–H groups in total. The number of nitrogens with one attached hydrogen (secondary N) is 1. The van der Waals surface area contributed by atoms with Gasteiger partial charge in [-0.3, -0.25) is 4.79 Å². The Morgan fingerprint density at radius 2 is 2.22 bits per heavy atom. The first-order chi connectivity index (χ1) is 8.52. The number of nitrogens with two attached hydrogens (primary N) is 1. The van der Waals surface area contributed by atoms with Gasteiger partial charge >= 0.3 is 0 Å². The normalized spacial score (nSPS) is 10.5. The van der Waals surface area contributed by atoms with Crippen LogP contribution in [0.2, 0.25) is 0 Å². The summed E-state index contributed by atoms with van der Waals surface area (Å²) < 4.78 is 6.40. The van der Waals surface area contributed by atoms with Gasteiger partial charge in [-0.25, -0.2) is 0 Å². The molecule has 0 saturated carbocycles. The molecule has 0 fully saturated rings. The zero-order valence-electron chi connectivity index (χ0n) is 10.7. The number of hydrogen-bond donors (Lipinski definition) is 2. The van der Waals surface area contributed by atoms with Crippen LogP contribution in [0.4, 0.5) is 0 Å². The summed E-state index contributed by atoms with van der Waals surface area (Å²) in [4.78, 5) is 11.4. The van der Waals surface area contributed by atoms with Crippen LogP contribution < -0.4 is 15.8 Å². The molecule has 0 aliphatic heterocycles. The summed E-state index contributed by atoms with van der Waals surface area (Å²) in [6, 6.07) is 5.85. The van der Waals surface area contributed by atoms with Crippen LogP contribution in [0.3, 0.4) is 0 Å². The van der Waals surface area contributed by atoms with E-state index in [1.54, 1.807) is 0 Å². The van der Waals surface area contributed by atoms with E-state index >= 15 is 0 Å². The van der Waals surface area contributed by atoms with Gasteiger partial charge < -0.3 is 15.8 Å². The second-order valence-electron chi connectivity index (χ2n) is 4.29. The van der Waals surface area contributed by atoms with E-state index in [-0.39, 0.29) is 11.9 Å². The molecular formula is C13H19BrN2O2. The molecule has 1 rings (SSSR count). The number of hydrogen-bond acceptors (Lipinski definition) is 3. The van der Waals surface area contributed by atoms with Gasteiger partial charge in [0, 0.05) is 12.6 Å². The fourth-order valence-electron chi connectivity index (χ4n) is 1.44. The van der Waals surface area contributed by atoms with Gasteiger partial charge in [0.05, 0.1) is 17.5 Å². The summed E-state index contributed by atoms with van der Waals surface area (Å²) in [6.07, 6.45) is 0.350. The van der Waals surface area contributed by atoms with Gasteiger partial charge in [0.25, 0.3) is 0 Å². The topological polar surface area (TPSA) is 64.3 Å². The predicted octanol–water partition coefficient (Wildman–Crippen LogP) is 2.20. The van der Waals surface area contributed by atoms with Gasteiger partial charge in [0.15, 0.2) is 0 Å². The highest BCUT2D eigenvalue weighted by molar-refractivity contribution is 9.10. The number of rotatable bonds is 6. The molecular weight excluding hydrogens is 296 g/mol. The molecule has 18 heavy (non-hydrogen) atoms. The minimum atomic E-state index is -0.000277. The summed E-state index contributed by atoms with van der Waals surface area (Å²) in [5.74, 6) is 0.726. The third-order valence-electron chi connectivity index (χ3n) is 2.27. The van der Waals surface area contributed by atoms with Crippen LogP contribution in [0.1, 0.15) is 25.8 Å². The second-order valence-corrected chi connectivity index (χ2v) is 5.14. The number of carbonyl (C=O) groups is 1. The molecule has 0 aromatic heterocycles. The fourth-order valence-corrected chi connectivity index (χ4v) is 1.98. The Kier molecular flexibility index (Phi) is 6.15. The molecule has 0 heterocycles. The van der Waals surface area contributed by atoms with Crippen molar-refractivity contribution in [3.8, 4) is 5.75 Å².